The molecule has 5 nitrogen and oxygen atoms in total. The Hall–Kier alpha value is -3.34. The van der Waals surface area contributed by atoms with Crippen LogP contribution in [0.15, 0.2) is 66.7 Å². The molecule has 0 saturated carbocycles. The summed E-state index contributed by atoms with van der Waals surface area (Å²) in [4.78, 5) is 25.7. The molecule has 3 aromatic rings. The third-order valence-electron chi connectivity index (χ3n) is 4.57. The van der Waals surface area contributed by atoms with E-state index >= 15 is 0 Å². The molecule has 144 valence electrons. The molecule has 0 aliphatic heterocycles. The summed E-state index contributed by atoms with van der Waals surface area (Å²) in [5.74, 6) is -0.00244. The number of hydrogen-bond donors (Lipinski definition) is 2. The van der Waals surface area contributed by atoms with Crippen LogP contribution in [0.4, 0.5) is 11.4 Å². The Morgan fingerprint density at radius 1 is 0.929 bits per heavy atom. The summed E-state index contributed by atoms with van der Waals surface area (Å²) in [5, 5.41) is 8.24. The molecule has 0 saturated heterocycles. The van der Waals surface area contributed by atoms with Gasteiger partial charge in [0.1, 0.15) is 0 Å². The summed E-state index contributed by atoms with van der Waals surface area (Å²) in [6.45, 7) is 0.170. The van der Waals surface area contributed by atoms with Crippen LogP contribution in [0.3, 0.4) is 0 Å². The molecule has 0 aromatic heterocycles. The van der Waals surface area contributed by atoms with E-state index in [-0.39, 0.29) is 18.4 Å². The number of rotatable bonds is 7. The monoisotopic (exact) mass is 375 g/mol. The minimum Gasteiger partial charge on any atom is -0.376 e. The van der Waals surface area contributed by atoms with Crippen LogP contribution < -0.4 is 10.6 Å². The molecule has 0 aliphatic rings. The van der Waals surface area contributed by atoms with Gasteiger partial charge in [0.05, 0.1) is 6.54 Å². The first-order chi connectivity index (χ1) is 13.5. The van der Waals surface area contributed by atoms with Crippen molar-refractivity contribution in [3.63, 3.8) is 0 Å². The van der Waals surface area contributed by atoms with Gasteiger partial charge < -0.3 is 15.5 Å². The zero-order valence-electron chi connectivity index (χ0n) is 16.2. The van der Waals surface area contributed by atoms with Crippen molar-refractivity contribution in [2.45, 2.75) is 12.8 Å². The number of hydrogen-bond acceptors (Lipinski definition) is 3. The molecule has 0 unspecified atom stereocenters. The molecule has 0 radical (unpaired) electrons. The molecule has 0 bridgehead atoms. The number of amides is 2. The maximum Gasteiger partial charge on any atom is 0.243 e. The predicted molar refractivity (Wildman–Crippen MR) is 115 cm³/mol. The van der Waals surface area contributed by atoms with Crippen molar-refractivity contribution in [3.05, 3.63) is 72.3 Å². The Morgan fingerprint density at radius 3 is 2.50 bits per heavy atom. The zero-order valence-corrected chi connectivity index (χ0v) is 16.2. The number of carbonyl (C=O) groups excluding carboxylic acids is 2. The van der Waals surface area contributed by atoms with Crippen LogP contribution in [0.1, 0.15) is 12.0 Å². The molecule has 5 heteroatoms. The van der Waals surface area contributed by atoms with Gasteiger partial charge in [0, 0.05) is 37.3 Å². The molecule has 3 aromatic carbocycles. The second-order valence-electron chi connectivity index (χ2n) is 6.92. The largest absolute Gasteiger partial charge is 0.376 e. The fourth-order valence-electron chi connectivity index (χ4n) is 3.02. The summed E-state index contributed by atoms with van der Waals surface area (Å²) < 4.78 is 0. The highest BCUT2D eigenvalue weighted by molar-refractivity contribution is 6.03. The summed E-state index contributed by atoms with van der Waals surface area (Å²) in [6.07, 6.45) is 1.15. The lowest BCUT2D eigenvalue weighted by molar-refractivity contribution is -0.128. The van der Waals surface area contributed by atoms with Gasteiger partial charge in [-0.05, 0) is 35.6 Å². The molecule has 2 amide bonds. The van der Waals surface area contributed by atoms with E-state index in [2.05, 4.69) is 10.6 Å². The van der Waals surface area contributed by atoms with Crippen molar-refractivity contribution < 1.29 is 9.59 Å². The smallest absolute Gasteiger partial charge is 0.243 e. The van der Waals surface area contributed by atoms with E-state index in [4.69, 9.17) is 0 Å². The Kier molecular flexibility index (Phi) is 6.27. The van der Waals surface area contributed by atoms with Crippen LogP contribution in [0, 0.1) is 0 Å². The van der Waals surface area contributed by atoms with Crippen LogP contribution in [-0.4, -0.2) is 37.4 Å². The Morgan fingerprint density at radius 2 is 1.68 bits per heavy atom. The molecule has 0 spiro atoms. The SMILES string of the molecule is CN(C)C(=O)CCc1cccc(NCC(=O)Nc2cccc3ccccc23)c1. The van der Waals surface area contributed by atoms with Gasteiger partial charge in [0.2, 0.25) is 11.8 Å². The number of benzene rings is 3. The van der Waals surface area contributed by atoms with Gasteiger partial charge in [-0.25, -0.2) is 0 Å². The highest BCUT2D eigenvalue weighted by Crippen LogP contribution is 2.22. The van der Waals surface area contributed by atoms with Crippen LogP contribution in [0.25, 0.3) is 10.8 Å². The number of fused-ring (bicyclic) bond motifs is 1. The average Bonchev–Trinajstić information content (AvgIpc) is 2.71. The molecule has 0 fully saturated rings. The maximum absolute atomic E-state index is 12.4. The maximum atomic E-state index is 12.4. The van der Waals surface area contributed by atoms with E-state index in [0.717, 1.165) is 27.7 Å². The Labute approximate surface area is 165 Å². The summed E-state index contributed by atoms with van der Waals surface area (Å²) in [6, 6.07) is 21.6. The van der Waals surface area contributed by atoms with E-state index in [1.54, 1.807) is 19.0 Å². The van der Waals surface area contributed by atoms with Gasteiger partial charge in [-0.15, -0.1) is 0 Å². The van der Waals surface area contributed by atoms with Gasteiger partial charge >= 0.3 is 0 Å². The van der Waals surface area contributed by atoms with Crippen molar-refractivity contribution in [3.8, 4) is 0 Å². The highest BCUT2D eigenvalue weighted by Gasteiger charge is 2.07. The van der Waals surface area contributed by atoms with E-state index in [1.165, 1.54) is 0 Å². The van der Waals surface area contributed by atoms with Crippen molar-refractivity contribution in [2.24, 2.45) is 0 Å². The average molecular weight is 375 g/mol. The van der Waals surface area contributed by atoms with Crippen LogP contribution in [-0.2, 0) is 16.0 Å². The first kappa shape index (κ1) is 19.4. The fourth-order valence-corrected chi connectivity index (χ4v) is 3.02. The summed E-state index contributed by atoms with van der Waals surface area (Å²) in [7, 11) is 3.52. The van der Waals surface area contributed by atoms with Crippen LogP contribution in [0.5, 0.6) is 0 Å². The van der Waals surface area contributed by atoms with Crippen molar-refractivity contribution in [2.75, 3.05) is 31.3 Å². The Bertz CT molecular complexity index is 977. The first-order valence-electron chi connectivity index (χ1n) is 9.33. The second-order valence-corrected chi connectivity index (χ2v) is 6.92. The number of nitrogens with zero attached hydrogens (tertiary/aromatic N) is 1. The molecular weight excluding hydrogens is 350 g/mol. The molecule has 3 rings (SSSR count). The quantitative estimate of drug-likeness (QED) is 0.658. The minimum absolute atomic E-state index is 0.104. The molecule has 0 heterocycles. The summed E-state index contributed by atoms with van der Waals surface area (Å²) >= 11 is 0. The summed E-state index contributed by atoms with van der Waals surface area (Å²) in [5.41, 5.74) is 2.73. The second kappa shape index (κ2) is 9.04. The predicted octanol–water partition coefficient (Wildman–Crippen LogP) is 3.91. The van der Waals surface area contributed by atoms with Crippen molar-refractivity contribution in [1.29, 1.82) is 0 Å². The van der Waals surface area contributed by atoms with Gasteiger partial charge in [0.15, 0.2) is 0 Å². The van der Waals surface area contributed by atoms with Gasteiger partial charge in [-0.3, -0.25) is 9.59 Å². The zero-order chi connectivity index (χ0) is 19.9. The molecule has 0 aliphatic carbocycles. The topological polar surface area (TPSA) is 61.4 Å². The highest BCUT2D eigenvalue weighted by atomic mass is 16.2. The van der Waals surface area contributed by atoms with E-state index in [1.807, 2.05) is 66.7 Å². The standard InChI is InChI=1S/C23H25N3O2/c1-26(2)23(28)14-13-17-7-5-10-19(15-17)24-16-22(27)25-21-12-6-9-18-8-3-4-11-20(18)21/h3-12,15,24H,13-14,16H2,1-2H3,(H,25,27). The van der Waals surface area contributed by atoms with E-state index in [0.29, 0.717) is 12.8 Å². The fraction of sp³-hybridized carbons (Fsp3) is 0.217. The van der Waals surface area contributed by atoms with Crippen molar-refractivity contribution >= 4 is 34.0 Å². The molecular formula is C23H25N3O2. The first-order valence-corrected chi connectivity index (χ1v) is 9.33. The van der Waals surface area contributed by atoms with Crippen LogP contribution >= 0.6 is 0 Å². The normalized spacial score (nSPS) is 10.5. The molecule has 0 atom stereocenters. The lowest BCUT2D eigenvalue weighted by Gasteiger charge is -2.12. The number of anilines is 2. The lowest BCUT2D eigenvalue weighted by atomic mass is 10.1. The number of aryl methyl sites for hydroxylation is 1. The Balaban J connectivity index is 1.57. The van der Waals surface area contributed by atoms with Gasteiger partial charge in [-0.2, -0.15) is 0 Å². The van der Waals surface area contributed by atoms with Crippen LogP contribution in [0.2, 0.25) is 0 Å². The molecule has 2 N–H and O–H groups in total. The van der Waals surface area contributed by atoms with Gasteiger partial charge in [-0.1, -0.05) is 48.5 Å². The number of carbonyl (C=O) groups is 2. The number of nitrogens with one attached hydrogen (secondary N) is 2. The minimum atomic E-state index is -0.107. The third kappa shape index (κ3) is 5.10. The van der Waals surface area contributed by atoms with Gasteiger partial charge in [0.25, 0.3) is 0 Å². The van der Waals surface area contributed by atoms with E-state index < -0.39 is 0 Å². The lowest BCUT2D eigenvalue weighted by Crippen LogP contribution is -2.22. The van der Waals surface area contributed by atoms with Crippen molar-refractivity contribution in [1.82, 2.24) is 4.90 Å². The van der Waals surface area contributed by atoms with E-state index in [9.17, 15) is 9.59 Å². The third-order valence-corrected chi connectivity index (χ3v) is 4.57. The molecule has 28 heavy (non-hydrogen) atoms.